The molecule has 4 unspecified atom stereocenters. The molecule has 3 aliphatic rings. The van der Waals surface area contributed by atoms with Crippen LogP contribution in [0.3, 0.4) is 0 Å². The van der Waals surface area contributed by atoms with Crippen LogP contribution in [0, 0.1) is 5.92 Å². The number of Topliss-reactive ketones (excluding diaryl/α,β-unsaturated/α-hetero) is 2. The first-order valence-electron chi connectivity index (χ1n) is 7.32. The molecule has 0 N–H and O–H groups in total. The molecule has 1 aromatic rings. The molecule has 0 aromatic heterocycles. The summed E-state index contributed by atoms with van der Waals surface area (Å²) in [6.07, 6.45) is -0.889. The Labute approximate surface area is 137 Å². The Morgan fingerprint density at radius 2 is 1.96 bits per heavy atom. The number of ether oxygens (including phenoxy) is 4. The summed E-state index contributed by atoms with van der Waals surface area (Å²) in [6, 6.07) is 1.56. The summed E-state index contributed by atoms with van der Waals surface area (Å²) in [7, 11) is 2.94. The third kappa shape index (κ3) is 1.68. The Morgan fingerprint density at radius 3 is 2.61 bits per heavy atom. The van der Waals surface area contributed by atoms with E-state index in [1.807, 2.05) is 6.92 Å². The third-order valence-electron chi connectivity index (χ3n) is 4.92. The molecular formula is C16H15ClO6. The second-order valence-corrected chi connectivity index (χ2v) is 6.45. The van der Waals surface area contributed by atoms with E-state index in [1.54, 1.807) is 6.07 Å². The SMILES string of the molecule is COc1cc(OC)c2c(c1Cl)OC1(C2=O)C(C)CC(=O)C2OC21. The van der Waals surface area contributed by atoms with Gasteiger partial charge in [0.2, 0.25) is 11.4 Å². The van der Waals surface area contributed by atoms with Gasteiger partial charge in [0.25, 0.3) is 0 Å². The van der Waals surface area contributed by atoms with E-state index < -0.39 is 17.8 Å². The van der Waals surface area contributed by atoms with Gasteiger partial charge in [-0.2, -0.15) is 0 Å². The van der Waals surface area contributed by atoms with Crippen molar-refractivity contribution in [1.29, 1.82) is 0 Å². The van der Waals surface area contributed by atoms with Crippen molar-refractivity contribution in [3.63, 3.8) is 0 Å². The molecule has 6 nitrogen and oxygen atoms in total. The van der Waals surface area contributed by atoms with E-state index in [0.29, 0.717) is 11.5 Å². The van der Waals surface area contributed by atoms with E-state index in [-0.39, 0.29) is 40.2 Å². The number of ketones is 2. The van der Waals surface area contributed by atoms with E-state index in [0.717, 1.165) is 0 Å². The lowest BCUT2D eigenvalue weighted by atomic mass is 9.73. The monoisotopic (exact) mass is 338 g/mol. The van der Waals surface area contributed by atoms with Crippen LogP contribution in [0.1, 0.15) is 23.7 Å². The van der Waals surface area contributed by atoms with Crippen LogP contribution in [0.4, 0.5) is 0 Å². The van der Waals surface area contributed by atoms with Gasteiger partial charge in [-0.25, -0.2) is 0 Å². The number of hydrogen-bond acceptors (Lipinski definition) is 6. The second kappa shape index (κ2) is 4.61. The first-order valence-corrected chi connectivity index (χ1v) is 7.70. The first kappa shape index (κ1) is 14.8. The molecule has 2 fully saturated rings. The van der Waals surface area contributed by atoms with E-state index in [1.165, 1.54) is 14.2 Å². The van der Waals surface area contributed by atoms with Crippen LogP contribution in [0.5, 0.6) is 17.2 Å². The normalized spacial score (nSPS) is 34.0. The molecule has 23 heavy (non-hydrogen) atoms. The van der Waals surface area contributed by atoms with Crippen LogP contribution in [0.2, 0.25) is 5.02 Å². The van der Waals surface area contributed by atoms with E-state index in [2.05, 4.69) is 0 Å². The largest absolute Gasteiger partial charge is 0.496 e. The molecule has 1 aromatic carbocycles. The molecule has 0 radical (unpaired) electrons. The molecule has 1 aliphatic carbocycles. The number of fused-ring (bicyclic) bond motifs is 3. The summed E-state index contributed by atoms with van der Waals surface area (Å²) >= 11 is 6.32. The minimum atomic E-state index is -1.22. The van der Waals surface area contributed by atoms with Gasteiger partial charge in [-0.05, 0) is 0 Å². The van der Waals surface area contributed by atoms with Gasteiger partial charge >= 0.3 is 0 Å². The summed E-state index contributed by atoms with van der Waals surface area (Å²) in [4.78, 5) is 25.1. The van der Waals surface area contributed by atoms with Gasteiger partial charge in [0.1, 0.15) is 34.3 Å². The highest BCUT2D eigenvalue weighted by molar-refractivity contribution is 6.35. The lowest BCUT2D eigenvalue weighted by Gasteiger charge is -2.34. The molecular weight excluding hydrogens is 324 g/mol. The fraction of sp³-hybridized carbons (Fsp3) is 0.500. The Hall–Kier alpha value is -1.79. The molecule has 2 aliphatic heterocycles. The van der Waals surface area contributed by atoms with Crippen LogP contribution in [0.25, 0.3) is 0 Å². The van der Waals surface area contributed by atoms with Crippen molar-refractivity contribution in [2.24, 2.45) is 5.92 Å². The maximum Gasteiger partial charge on any atom is 0.217 e. The highest BCUT2D eigenvalue weighted by Gasteiger charge is 2.72. The molecule has 1 spiro atoms. The quantitative estimate of drug-likeness (QED) is 0.768. The van der Waals surface area contributed by atoms with Gasteiger partial charge in [-0.1, -0.05) is 18.5 Å². The summed E-state index contributed by atoms with van der Waals surface area (Å²) in [5, 5.41) is 0.217. The standard InChI is InChI=1S/C16H15ClO6/c1-6-4-7(18)12-15(22-12)16(6)14(19)10-8(20-2)5-9(21-3)11(17)13(10)23-16/h5-6,12,15H,4H2,1-3H3. The van der Waals surface area contributed by atoms with Crippen molar-refractivity contribution in [2.75, 3.05) is 14.2 Å². The smallest absolute Gasteiger partial charge is 0.217 e. The van der Waals surface area contributed by atoms with Crippen molar-refractivity contribution in [3.05, 3.63) is 16.7 Å². The lowest BCUT2D eigenvalue weighted by molar-refractivity contribution is -0.123. The van der Waals surface area contributed by atoms with Crippen molar-refractivity contribution in [1.82, 2.24) is 0 Å². The van der Waals surface area contributed by atoms with E-state index in [4.69, 9.17) is 30.5 Å². The van der Waals surface area contributed by atoms with Gasteiger partial charge in [0.15, 0.2) is 11.5 Å². The number of hydrogen-bond donors (Lipinski definition) is 0. The van der Waals surface area contributed by atoms with Crippen molar-refractivity contribution < 1.29 is 28.5 Å². The minimum absolute atomic E-state index is 0.0103. The first-order chi connectivity index (χ1) is 11.0. The van der Waals surface area contributed by atoms with Gasteiger partial charge in [-0.3, -0.25) is 9.59 Å². The number of benzene rings is 1. The Kier molecular flexibility index (Phi) is 2.96. The van der Waals surface area contributed by atoms with Gasteiger partial charge in [-0.15, -0.1) is 0 Å². The minimum Gasteiger partial charge on any atom is -0.496 e. The van der Waals surface area contributed by atoms with Crippen molar-refractivity contribution in [2.45, 2.75) is 31.2 Å². The predicted molar refractivity (Wildman–Crippen MR) is 79.7 cm³/mol. The molecule has 1 saturated carbocycles. The number of carbonyl (C=O) groups excluding carboxylic acids is 2. The number of methoxy groups -OCH3 is 2. The van der Waals surface area contributed by atoms with Gasteiger partial charge < -0.3 is 18.9 Å². The average molecular weight is 339 g/mol. The summed E-state index contributed by atoms with van der Waals surface area (Å²) in [5.41, 5.74) is -0.932. The number of carbonyl (C=O) groups is 2. The third-order valence-corrected chi connectivity index (χ3v) is 5.27. The lowest BCUT2D eigenvalue weighted by Crippen LogP contribution is -2.56. The molecule has 1 saturated heterocycles. The zero-order valence-corrected chi connectivity index (χ0v) is 13.6. The maximum atomic E-state index is 13.2. The van der Waals surface area contributed by atoms with Crippen molar-refractivity contribution >= 4 is 23.2 Å². The number of rotatable bonds is 2. The highest BCUT2D eigenvalue weighted by Crippen LogP contribution is 2.57. The molecule has 0 amide bonds. The Bertz CT molecular complexity index is 741. The summed E-state index contributed by atoms with van der Waals surface area (Å²) < 4.78 is 22.1. The maximum absolute atomic E-state index is 13.2. The fourth-order valence-corrected chi connectivity index (χ4v) is 3.93. The average Bonchev–Trinajstić information content (AvgIpc) is 3.28. The van der Waals surface area contributed by atoms with Crippen LogP contribution in [-0.2, 0) is 9.53 Å². The van der Waals surface area contributed by atoms with E-state index in [9.17, 15) is 9.59 Å². The zero-order valence-electron chi connectivity index (χ0n) is 12.8. The van der Waals surface area contributed by atoms with Crippen LogP contribution in [-0.4, -0.2) is 43.6 Å². The molecule has 4 rings (SSSR count). The van der Waals surface area contributed by atoms with Crippen LogP contribution >= 0.6 is 11.6 Å². The zero-order chi connectivity index (χ0) is 16.5. The van der Waals surface area contributed by atoms with Gasteiger partial charge in [0.05, 0.1) is 14.2 Å². The fourth-order valence-electron chi connectivity index (χ4n) is 3.66. The Morgan fingerprint density at radius 1 is 1.26 bits per heavy atom. The molecule has 2 heterocycles. The van der Waals surface area contributed by atoms with Crippen LogP contribution < -0.4 is 14.2 Å². The summed E-state index contributed by atoms with van der Waals surface area (Å²) in [6.45, 7) is 1.82. The molecule has 0 bridgehead atoms. The molecule has 4 atom stereocenters. The van der Waals surface area contributed by atoms with Gasteiger partial charge in [0, 0.05) is 18.4 Å². The number of epoxide rings is 1. The van der Waals surface area contributed by atoms with Crippen LogP contribution in [0.15, 0.2) is 6.07 Å². The predicted octanol–water partition coefficient (Wildman–Crippen LogP) is 2.05. The van der Waals surface area contributed by atoms with Crippen molar-refractivity contribution in [3.8, 4) is 17.2 Å². The highest BCUT2D eigenvalue weighted by atomic mass is 35.5. The second-order valence-electron chi connectivity index (χ2n) is 6.07. The van der Waals surface area contributed by atoms with E-state index >= 15 is 0 Å². The number of halogens is 1. The molecule has 122 valence electrons. The molecule has 7 heteroatoms. The Balaban J connectivity index is 1.88. The topological polar surface area (TPSA) is 74.4 Å². The summed E-state index contributed by atoms with van der Waals surface area (Å²) in [5.74, 6) is 0.385.